The number of halogens is 1. The molecule has 2 aromatic carbocycles. The van der Waals surface area contributed by atoms with Gasteiger partial charge in [0, 0.05) is 12.1 Å². The number of ether oxygens (including phenoxy) is 1. The predicted molar refractivity (Wildman–Crippen MR) is 75.0 cm³/mol. The summed E-state index contributed by atoms with van der Waals surface area (Å²) in [6, 6.07) is 12.4. The van der Waals surface area contributed by atoms with Gasteiger partial charge in [0.25, 0.3) is 0 Å². The Morgan fingerprint density at radius 2 is 2.00 bits per heavy atom. The minimum absolute atomic E-state index is 0.246. The molecule has 100 valence electrons. The molecule has 2 nitrogen and oxygen atoms in total. The van der Waals surface area contributed by atoms with Crippen LogP contribution in [0.25, 0.3) is 0 Å². The molecule has 0 aliphatic rings. The third-order valence-electron chi connectivity index (χ3n) is 2.81. The standard InChI is InChI=1S/C16H18FNO/c1-3-18-11-13-10-14(17)7-8-16(13)19-15-6-4-5-12(2)9-15/h4-10,18H,3,11H2,1-2H3. The summed E-state index contributed by atoms with van der Waals surface area (Å²) in [7, 11) is 0. The Labute approximate surface area is 113 Å². The molecule has 0 spiro atoms. The number of hydrogen-bond donors (Lipinski definition) is 1. The molecule has 19 heavy (non-hydrogen) atoms. The van der Waals surface area contributed by atoms with Crippen LogP contribution < -0.4 is 10.1 Å². The monoisotopic (exact) mass is 259 g/mol. The van der Waals surface area contributed by atoms with Gasteiger partial charge < -0.3 is 10.1 Å². The maximum absolute atomic E-state index is 13.3. The van der Waals surface area contributed by atoms with E-state index in [0.717, 1.165) is 23.4 Å². The quantitative estimate of drug-likeness (QED) is 0.875. The molecule has 0 unspecified atom stereocenters. The van der Waals surface area contributed by atoms with Crippen molar-refractivity contribution in [3.8, 4) is 11.5 Å². The first kappa shape index (κ1) is 13.6. The lowest BCUT2D eigenvalue weighted by Gasteiger charge is -2.12. The zero-order chi connectivity index (χ0) is 13.7. The molecule has 0 aliphatic heterocycles. The van der Waals surface area contributed by atoms with Crippen molar-refractivity contribution in [3.05, 3.63) is 59.4 Å². The SMILES string of the molecule is CCNCc1cc(F)ccc1Oc1cccc(C)c1. The number of rotatable bonds is 5. The minimum atomic E-state index is -0.246. The molecule has 0 saturated carbocycles. The third-order valence-corrected chi connectivity index (χ3v) is 2.81. The number of nitrogens with one attached hydrogen (secondary N) is 1. The van der Waals surface area contributed by atoms with Gasteiger partial charge in [0.15, 0.2) is 0 Å². The van der Waals surface area contributed by atoms with Gasteiger partial charge in [-0.1, -0.05) is 19.1 Å². The first-order valence-corrected chi connectivity index (χ1v) is 6.42. The van der Waals surface area contributed by atoms with E-state index in [1.165, 1.54) is 12.1 Å². The van der Waals surface area contributed by atoms with Gasteiger partial charge in [-0.3, -0.25) is 0 Å². The van der Waals surface area contributed by atoms with Crippen LogP contribution in [-0.2, 0) is 6.54 Å². The summed E-state index contributed by atoms with van der Waals surface area (Å²) in [5.41, 5.74) is 1.95. The molecule has 0 atom stereocenters. The molecule has 1 N–H and O–H groups in total. The van der Waals surface area contributed by atoms with Crippen molar-refractivity contribution in [2.75, 3.05) is 6.54 Å². The average molecular weight is 259 g/mol. The summed E-state index contributed by atoms with van der Waals surface area (Å²) in [5, 5.41) is 3.18. The van der Waals surface area contributed by atoms with Crippen LogP contribution in [0.3, 0.4) is 0 Å². The van der Waals surface area contributed by atoms with Crippen molar-refractivity contribution in [2.24, 2.45) is 0 Å². The highest BCUT2D eigenvalue weighted by atomic mass is 19.1. The zero-order valence-electron chi connectivity index (χ0n) is 11.2. The fraction of sp³-hybridized carbons (Fsp3) is 0.250. The van der Waals surface area contributed by atoms with Crippen molar-refractivity contribution in [2.45, 2.75) is 20.4 Å². The fourth-order valence-corrected chi connectivity index (χ4v) is 1.85. The third kappa shape index (κ3) is 3.80. The highest BCUT2D eigenvalue weighted by molar-refractivity contribution is 5.39. The Kier molecular flexibility index (Phi) is 4.53. The van der Waals surface area contributed by atoms with Crippen LogP contribution in [0.5, 0.6) is 11.5 Å². The van der Waals surface area contributed by atoms with Crippen molar-refractivity contribution in [3.63, 3.8) is 0 Å². The van der Waals surface area contributed by atoms with Crippen LogP contribution in [0.2, 0.25) is 0 Å². The second-order valence-electron chi connectivity index (χ2n) is 4.45. The highest BCUT2D eigenvalue weighted by Gasteiger charge is 2.06. The molecule has 0 aromatic heterocycles. The molecule has 0 bridgehead atoms. The Balaban J connectivity index is 2.23. The van der Waals surface area contributed by atoms with Gasteiger partial charge in [-0.15, -0.1) is 0 Å². The van der Waals surface area contributed by atoms with E-state index in [1.807, 2.05) is 38.1 Å². The molecule has 0 heterocycles. The molecule has 0 radical (unpaired) electrons. The molecule has 0 amide bonds. The van der Waals surface area contributed by atoms with Crippen LogP contribution >= 0.6 is 0 Å². The van der Waals surface area contributed by atoms with E-state index < -0.39 is 0 Å². The Morgan fingerprint density at radius 1 is 1.16 bits per heavy atom. The fourth-order valence-electron chi connectivity index (χ4n) is 1.85. The van der Waals surface area contributed by atoms with Crippen molar-refractivity contribution < 1.29 is 9.13 Å². The van der Waals surface area contributed by atoms with E-state index in [1.54, 1.807) is 6.07 Å². The van der Waals surface area contributed by atoms with Gasteiger partial charge in [-0.05, 0) is 49.4 Å². The van der Waals surface area contributed by atoms with Gasteiger partial charge in [-0.25, -0.2) is 4.39 Å². The van der Waals surface area contributed by atoms with Gasteiger partial charge in [0.2, 0.25) is 0 Å². The summed E-state index contributed by atoms with van der Waals surface area (Å²) in [4.78, 5) is 0. The Bertz CT molecular complexity index is 554. The summed E-state index contributed by atoms with van der Waals surface area (Å²) in [5.74, 6) is 1.21. The van der Waals surface area contributed by atoms with Gasteiger partial charge in [-0.2, -0.15) is 0 Å². The van der Waals surface area contributed by atoms with Crippen LogP contribution in [0, 0.1) is 12.7 Å². The number of aryl methyl sites for hydroxylation is 1. The normalized spacial score (nSPS) is 10.5. The summed E-state index contributed by atoms with van der Waals surface area (Å²) >= 11 is 0. The second kappa shape index (κ2) is 6.34. The van der Waals surface area contributed by atoms with E-state index >= 15 is 0 Å². The van der Waals surface area contributed by atoms with E-state index in [9.17, 15) is 4.39 Å². The Hall–Kier alpha value is -1.87. The van der Waals surface area contributed by atoms with Gasteiger partial charge >= 0.3 is 0 Å². The maximum Gasteiger partial charge on any atom is 0.132 e. The largest absolute Gasteiger partial charge is 0.457 e. The van der Waals surface area contributed by atoms with Crippen LogP contribution in [-0.4, -0.2) is 6.54 Å². The minimum Gasteiger partial charge on any atom is -0.457 e. The lowest BCUT2D eigenvalue weighted by molar-refractivity contribution is 0.470. The summed E-state index contributed by atoms with van der Waals surface area (Å²) in [6.07, 6.45) is 0. The molecule has 2 aromatic rings. The van der Waals surface area contributed by atoms with Crippen molar-refractivity contribution in [1.82, 2.24) is 5.32 Å². The molecule has 0 fully saturated rings. The Morgan fingerprint density at radius 3 is 2.74 bits per heavy atom. The molecule has 3 heteroatoms. The average Bonchev–Trinajstić information content (AvgIpc) is 2.39. The summed E-state index contributed by atoms with van der Waals surface area (Å²) in [6.45, 7) is 5.45. The first-order valence-electron chi connectivity index (χ1n) is 6.42. The molecule has 0 saturated heterocycles. The highest BCUT2D eigenvalue weighted by Crippen LogP contribution is 2.26. The maximum atomic E-state index is 13.3. The topological polar surface area (TPSA) is 21.3 Å². The van der Waals surface area contributed by atoms with E-state index in [4.69, 9.17) is 4.74 Å². The van der Waals surface area contributed by atoms with Crippen LogP contribution in [0.15, 0.2) is 42.5 Å². The van der Waals surface area contributed by atoms with E-state index in [2.05, 4.69) is 5.32 Å². The molecule has 0 aliphatic carbocycles. The predicted octanol–water partition coefficient (Wildman–Crippen LogP) is 4.04. The smallest absolute Gasteiger partial charge is 0.132 e. The van der Waals surface area contributed by atoms with Crippen LogP contribution in [0.1, 0.15) is 18.1 Å². The lowest BCUT2D eigenvalue weighted by Crippen LogP contribution is -2.12. The first-order chi connectivity index (χ1) is 9.19. The molecule has 2 rings (SSSR count). The number of benzene rings is 2. The van der Waals surface area contributed by atoms with Gasteiger partial charge in [0.1, 0.15) is 17.3 Å². The zero-order valence-corrected chi connectivity index (χ0v) is 11.2. The number of hydrogen-bond acceptors (Lipinski definition) is 2. The second-order valence-corrected chi connectivity index (χ2v) is 4.45. The van der Waals surface area contributed by atoms with E-state index in [0.29, 0.717) is 12.3 Å². The van der Waals surface area contributed by atoms with Crippen molar-refractivity contribution >= 4 is 0 Å². The van der Waals surface area contributed by atoms with Crippen molar-refractivity contribution in [1.29, 1.82) is 0 Å². The van der Waals surface area contributed by atoms with Crippen LogP contribution in [0.4, 0.5) is 4.39 Å². The summed E-state index contributed by atoms with van der Waals surface area (Å²) < 4.78 is 19.1. The van der Waals surface area contributed by atoms with E-state index in [-0.39, 0.29) is 5.82 Å². The lowest BCUT2D eigenvalue weighted by atomic mass is 10.2. The molecular formula is C16H18FNO. The molecular weight excluding hydrogens is 241 g/mol. The van der Waals surface area contributed by atoms with Gasteiger partial charge in [0.05, 0.1) is 0 Å².